The maximum absolute atomic E-state index is 9.59. The first-order valence-electron chi connectivity index (χ1n) is 6.98. The van der Waals surface area contributed by atoms with Crippen LogP contribution in [-0.2, 0) is 0 Å². The molecule has 0 amide bonds. The van der Waals surface area contributed by atoms with E-state index < -0.39 is 0 Å². The Balaban J connectivity index is 2.15. The molecule has 3 heteroatoms. The number of phenolic OH excluding ortho intramolecular Hbond substituents is 2. The van der Waals surface area contributed by atoms with Crippen LogP contribution in [-0.4, -0.2) is 15.5 Å². The summed E-state index contributed by atoms with van der Waals surface area (Å²) in [5.41, 5.74) is 0.678. The van der Waals surface area contributed by atoms with Crippen molar-refractivity contribution in [1.82, 2.24) is 0 Å². The first-order chi connectivity index (χ1) is 9.24. The number of unbranched alkanes of at least 4 members (excludes halogenated alkanes) is 6. The second-order valence-electron chi connectivity index (χ2n) is 4.74. The topological polar surface area (TPSA) is 40.5 Å². The molecule has 0 fully saturated rings. The minimum Gasteiger partial charge on any atom is -0.508 e. The van der Waals surface area contributed by atoms with Crippen molar-refractivity contribution in [3.05, 3.63) is 29.8 Å². The number of alkyl halides is 1. The Kier molecular flexibility index (Phi) is 8.39. The molecule has 0 atom stereocenters. The van der Waals surface area contributed by atoms with Crippen LogP contribution >= 0.6 is 15.9 Å². The lowest BCUT2D eigenvalue weighted by Gasteiger charge is -2.00. The molecule has 0 radical (unpaired) electrons. The van der Waals surface area contributed by atoms with Gasteiger partial charge in [0.05, 0.1) is 0 Å². The van der Waals surface area contributed by atoms with Gasteiger partial charge in [-0.15, -0.1) is 0 Å². The summed E-state index contributed by atoms with van der Waals surface area (Å²) in [4.78, 5) is 0. The van der Waals surface area contributed by atoms with Crippen molar-refractivity contribution in [2.75, 3.05) is 5.33 Å². The van der Waals surface area contributed by atoms with E-state index in [9.17, 15) is 10.2 Å². The normalized spacial score (nSPS) is 11.2. The van der Waals surface area contributed by atoms with Crippen molar-refractivity contribution in [2.24, 2.45) is 0 Å². The summed E-state index contributed by atoms with van der Waals surface area (Å²) in [7, 11) is 0. The highest BCUT2D eigenvalue weighted by molar-refractivity contribution is 9.09. The zero-order chi connectivity index (χ0) is 13.9. The fourth-order valence-electron chi connectivity index (χ4n) is 1.95. The monoisotopic (exact) mass is 326 g/mol. The second-order valence-corrected chi connectivity index (χ2v) is 5.54. The minimum atomic E-state index is 0.184. The molecule has 0 aliphatic rings. The number of allylic oxidation sites excluding steroid dienone is 1. The highest BCUT2D eigenvalue weighted by Gasteiger charge is 1.97. The number of rotatable bonds is 9. The van der Waals surface area contributed by atoms with E-state index in [1.807, 2.05) is 6.08 Å². The first kappa shape index (κ1) is 16.1. The van der Waals surface area contributed by atoms with Gasteiger partial charge in [0.1, 0.15) is 11.5 Å². The zero-order valence-electron chi connectivity index (χ0n) is 11.3. The summed E-state index contributed by atoms with van der Waals surface area (Å²) < 4.78 is 0. The third-order valence-corrected chi connectivity index (χ3v) is 3.62. The van der Waals surface area contributed by atoms with Crippen molar-refractivity contribution in [3.8, 4) is 11.5 Å². The molecule has 0 bridgehead atoms. The van der Waals surface area contributed by atoms with Gasteiger partial charge >= 0.3 is 0 Å². The Morgan fingerprint density at radius 2 is 1.63 bits per heavy atom. The number of hydrogen-bond acceptors (Lipinski definition) is 2. The van der Waals surface area contributed by atoms with Crippen LogP contribution < -0.4 is 0 Å². The lowest BCUT2D eigenvalue weighted by molar-refractivity contribution is 0.459. The summed E-state index contributed by atoms with van der Waals surface area (Å²) in [5.74, 6) is 0.396. The van der Waals surface area contributed by atoms with E-state index in [-0.39, 0.29) is 11.5 Å². The van der Waals surface area contributed by atoms with E-state index in [1.165, 1.54) is 50.7 Å². The number of halogens is 1. The largest absolute Gasteiger partial charge is 0.508 e. The maximum Gasteiger partial charge on any atom is 0.123 e. The fourth-order valence-corrected chi connectivity index (χ4v) is 2.35. The highest BCUT2D eigenvalue weighted by Crippen LogP contribution is 2.23. The Morgan fingerprint density at radius 3 is 2.37 bits per heavy atom. The van der Waals surface area contributed by atoms with Crippen molar-refractivity contribution >= 4 is 22.0 Å². The summed E-state index contributed by atoms with van der Waals surface area (Å²) in [6.45, 7) is 0. The third kappa shape index (κ3) is 7.26. The minimum absolute atomic E-state index is 0.184. The van der Waals surface area contributed by atoms with Gasteiger partial charge < -0.3 is 10.2 Å². The zero-order valence-corrected chi connectivity index (χ0v) is 12.9. The number of hydrogen-bond donors (Lipinski definition) is 2. The first-order valence-corrected chi connectivity index (χ1v) is 8.10. The van der Waals surface area contributed by atoms with Crippen LogP contribution in [0.25, 0.3) is 6.08 Å². The summed E-state index contributed by atoms with van der Waals surface area (Å²) >= 11 is 3.44. The molecule has 106 valence electrons. The summed E-state index contributed by atoms with van der Waals surface area (Å²) in [5, 5.41) is 20.0. The molecule has 0 aromatic heterocycles. The van der Waals surface area contributed by atoms with Crippen molar-refractivity contribution < 1.29 is 10.2 Å². The van der Waals surface area contributed by atoms with Gasteiger partial charge in [0, 0.05) is 10.9 Å². The van der Waals surface area contributed by atoms with Gasteiger partial charge in [0.15, 0.2) is 0 Å². The van der Waals surface area contributed by atoms with Gasteiger partial charge in [-0.25, -0.2) is 0 Å². The molecule has 0 unspecified atom stereocenters. The number of benzene rings is 1. The smallest absolute Gasteiger partial charge is 0.123 e. The summed E-state index contributed by atoms with van der Waals surface area (Å²) in [6.07, 6.45) is 12.6. The molecule has 0 saturated heterocycles. The van der Waals surface area contributed by atoms with Crippen LogP contribution in [0.4, 0.5) is 0 Å². The Hall–Kier alpha value is -0.960. The van der Waals surface area contributed by atoms with E-state index >= 15 is 0 Å². The molecule has 0 spiro atoms. The van der Waals surface area contributed by atoms with Crippen molar-refractivity contribution in [1.29, 1.82) is 0 Å². The van der Waals surface area contributed by atoms with E-state index in [4.69, 9.17) is 0 Å². The van der Waals surface area contributed by atoms with Crippen LogP contribution in [0.15, 0.2) is 24.3 Å². The van der Waals surface area contributed by atoms with Gasteiger partial charge in [0.2, 0.25) is 0 Å². The molecule has 0 heterocycles. The second kappa shape index (κ2) is 9.90. The quantitative estimate of drug-likeness (QED) is 0.370. The third-order valence-electron chi connectivity index (χ3n) is 3.06. The van der Waals surface area contributed by atoms with E-state index in [0.29, 0.717) is 5.56 Å². The van der Waals surface area contributed by atoms with Crippen LogP contribution in [0.2, 0.25) is 0 Å². The van der Waals surface area contributed by atoms with Gasteiger partial charge in [-0.1, -0.05) is 53.8 Å². The van der Waals surface area contributed by atoms with Gasteiger partial charge in [-0.2, -0.15) is 0 Å². The number of aromatic hydroxyl groups is 2. The Bertz CT molecular complexity index is 388. The van der Waals surface area contributed by atoms with E-state index in [1.54, 1.807) is 6.07 Å². The highest BCUT2D eigenvalue weighted by atomic mass is 79.9. The SMILES string of the molecule is Oc1ccc(O)c(/C=C/CCCCCCCCBr)c1. The van der Waals surface area contributed by atoms with Crippen LogP contribution in [0.5, 0.6) is 11.5 Å². The summed E-state index contributed by atoms with van der Waals surface area (Å²) in [6, 6.07) is 4.57. The Morgan fingerprint density at radius 1 is 0.947 bits per heavy atom. The molecule has 0 aliphatic carbocycles. The molecule has 0 aliphatic heterocycles. The molecular formula is C16H23BrO2. The number of phenols is 2. The fraction of sp³-hybridized carbons (Fsp3) is 0.500. The molecule has 1 rings (SSSR count). The van der Waals surface area contributed by atoms with Crippen molar-refractivity contribution in [2.45, 2.75) is 44.9 Å². The van der Waals surface area contributed by atoms with Crippen LogP contribution in [0, 0.1) is 0 Å². The van der Waals surface area contributed by atoms with E-state index in [0.717, 1.165) is 11.8 Å². The van der Waals surface area contributed by atoms with Crippen LogP contribution in [0.1, 0.15) is 50.5 Å². The van der Waals surface area contributed by atoms with E-state index in [2.05, 4.69) is 22.0 Å². The molecule has 2 N–H and O–H groups in total. The predicted molar refractivity (Wildman–Crippen MR) is 84.9 cm³/mol. The lowest BCUT2D eigenvalue weighted by atomic mass is 10.1. The lowest BCUT2D eigenvalue weighted by Crippen LogP contribution is -1.80. The van der Waals surface area contributed by atoms with Crippen molar-refractivity contribution in [3.63, 3.8) is 0 Å². The van der Waals surface area contributed by atoms with Gasteiger partial charge in [0.25, 0.3) is 0 Å². The molecule has 19 heavy (non-hydrogen) atoms. The average molecular weight is 327 g/mol. The van der Waals surface area contributed by atoms with Gasteiger partial charge in [-0.3, -0.25) is 0 Å². The predicted octanol–water partition coefficient (Wildman–Crippen LogP) is 5.24. The molecule has 1 aromatic rings. The Labute approximate surface area is 124 Å². The molecule has 1 aromatic carbocycles. The van der Waals surface area contributed by atoms with Gasteiger partial charge in [-0.05, 0) is 37.5 Å². The van der Waals surface area contributed by atoms with Crippen LogP contribution in [0.3, 0.4) is 0 Å². The standard InChI is InChI=1S/C16H23BrO2/c17-12-8-6-4-2-1-3-5-7-9-14-13-15(18)10-11-16(14)19/h7,9-11,13,18-19H,1-6,8,12H2/b9-7+. The molecule has 2 nitrogen and oxygen atoms in total. The maximum atomic E-state index is 9.59. The molecular weight excluding hydrogens is 304 g/mol. The average Bonchev–Trinajstić information content (AvgIpc) is 2.40. The molecule has 0 saturated carbocycles.